The fourth-order valence-corrected chi connectivity index (χ4v) is 7.46. The number of aryl methyl sites for hydroxylation is 2. The highest BCUT2D eigenvalue weighted by atomic mass is 19.4. The number of hydrogen-bond acceptors (Lipinski definition) is 4. The number of terminal acetylenes is 1. The van der Waals surface area contributed by atoms with Crippen LogP contribution in [0.4, 0.5) is 26.3 Å². The lowest BCUT2D eigenvalue weighted by molar-refractivity contribution is -0.139. The number of rotatable bonds is 12. The van der Waals surface area contributed by atoms with Crippen LogP contribution in [0.1, 0.15) is 91.4 Å². The van der Waals surface area contributed by atoms with Crippen molar-refractivity contribution in [1.29, 1.82) is 0 Å². The van der Waals surface area contributed by atoms with E-state index in [0.717, 1.165) is 61.3 Å². The molecule has 0 unspecified atom stereocenters. The van der Waals surface area contributed by atoms with Crippen molar-refractivity contribution in [3.63, 3.8) is 0 Å². The standard InChI is InChI=1S/C39H41F6N3O4/c1-6-24-16-28(41)35(36(42)34(24)33-22(4)14-26(40)15-23(33)5)29(18-32(50)51)46-37(52)30(13-21(2)3)48-19-25(27(17-31(48)49)39(43,44)45)7-11-47-12-10-38(20-47)8-9-38/h1,14-17,19,21,29-30H,7-13,18,20H2,2-5H3,(H,46,52)(H,50,51)/t29-,30+/m1/s1. The number of hydrogen-bond donors (Lipinski definition) is 2. The molecule has 52 heavy (non-hydrogen) atoms. The number of halogens is 6. The van der Waals surface area contributed by atoms with E-state index in [1.807, 2.05) is 0 Å². The van der Waals surface area contributed by atoms with Crippen LogP contribution in [0.15, 0.2) is 35.3 Å². The summed E-state index contributed by atoms with van der Waals surface area (Å²) in [5, 5.41) is 12.2. The van der Waals surface area contributed by atoms with Gasteiger partial charge in [0.2, 0.25) is 5.91 Å². The van der Waals surface area contributed by atoms with E-state index >= 15 is 8.78 Å². The molecular weight excluding hydrogens is 688 g/mol. The van der Waals surface area contributed by atoms with Crippen LogP contribution in [0.3, 0.4) is 0 Å². The van der Waals surface area contributed by atoms with Crippen LogP contribution in [-0.4, -0.2) is 46.1 Å². The number of benzene rings is 2. The molecular formula is C39H41F6N3O4. The van der Waals surface area contributed by atoms with Crippen molar-refractivity contribution in [2.75, 3.05) is 19.6 Å². The van der Waals surface area contributed by atoms with Crippen molar-refractivity contribution in [1.82, 2.24) is 14.8 Å². The first-order valence-electron chi connectivity index (χ1n) is 17.2. The van der Waals surface area contributed by atoms with Crippen LogP contribution < -0.4 is 10.9 Å². The minimum absolute atomic E-state index is 0.0498. The van der Waals surface area contributed by atoms with Crippen molar-refractivity contribution in [2.24, 2.45) is 11.3 Å². The third-order valence-corrected chi connectivity index (χ3v) is 10.2. The number of pyridine rings is 1. The minimum Gasteiger partial charge on any atom is -0.481 e. The molecule has 7 nitrogen and oxygen atoms in total. The number of nitrogens with zero attached hydrogens (tertiary/aromatic N) is 2. The molecule has 1 saturated heterocycles. The Kier molecular flexibility index (Phi) is 11.0. The molecule has 2 atom stereocenters. The van der Waals surface area contributed by atoms with Gasteiger partial charge < -0.3 is 19.9 Å². The lowest BCUT2D eigenvalue weighted by Gasteiger charge is -2.27. The molecule has 1 aromatic heterocycles. The Bertz CT molecular complexity index is 1970. The summed E-state index contributed by atoms with van der Waals surface area (Å²) in [6, 6.07) is 0.213. The van der Waals surface area contributed by atoms with Gasteiger partial charge in [-0.05, 0) is 104 Å². The summed E-state index contributed by atoms with van der Waals surface area (Å²) in [7, 11) is 0. The maximum atomic E-state index is 16.6. The average Bonchev–Trinajstić information content (AvgIpc) is 3.67. The lowest BCUT2D eigenvalue weighted by atomic mass is 9.88. The molecule has 1 aliphatic heterocycles. The summed E-state index contributed by atoms with van der Waals surface area (Å²) >= 11 is 0. The number of carbonyl (C=O) groups is 2. The Hall–Kier alpha value is -4.57. The van der Waals surface area contributed by atoms with E-state index in [1.165, 1.54) is 13.8 Å². The van der Waals surface area contributed by atoms with E-state index in [9.17, 15) is 37.1 Å². The number of carbonyl (C=O) groups excluding carboxylic acids is 1. The van der Waals surface area contributed by atoms with E-state index in [2.05, 4.69) is 16.1 Å². The number of carboxylic acid groups (broad SMARTS) is 1. The summed E-state index contributed by atoms with van der Waals surface area (Å²) in [5.41, 5.74) is -2.88. The van der Waals surface area contributed by atoms with Crippen molar-refractivity contribution >= 4 is 11.9 Å². The van der Waals surface area contributed by atoms with Crippen molar-refractivity contribution in [3.8, 4) is 23.5 Å². The van der Waals surface area contributed by atoms with Crippen LogP contribution in [0.2, 0.25) is 0 Å². The Morgan fingerprint density at radius 2 is 1.69 bits per heavy atom. The highest BCUT2D eigenvalue weighted by Crippen LogP contribution is 2.52. The fraction of sp³-hybridized carbons (Fsp3) is 0.462. The SMILES string of the molecule is C#Cc1cc(F)c([C@@H](CC(=O)O)NC(=O)[C@H](CC(C)C)n2cc(CCN3CCC4(CC4)C3)c(C(F)(F)F)cc2=O)c(F)c1-c1c(C)cc(F)cc1C. The van der Waals surface area contributed by atoms with Gasteiger partial charge in [-0.25, -0.2) is 13.2 Å². The number of carboxylic acids is 1. The van der Waals surface area contributed by atoms with Gasteiger partial charge in [-0.3, -0.25) is 14.4 Å². The number of amides is 1. The summed E-state index contributed by atoms with van der Waals surface area (Å²) in [6.45, 7) is 8.26. The van der Waals surface area contributed by atoms with E-state index in [4.69, 9.17) is 6.42 Å². The fourth-order valence-electron chi connectivity index (χ4n) is 7.46. The van der Waals surface area contributed by atoms with Crippen LogP contribution >= 0.6 is 0 Å². The second kappa shape index (κ2) is 14.8. The normalized spacial score (nSPS) is 16.6. The van der Waals surface area contributed by atoms with Gasteiger partial charge in [0.25, 0.3) is 5.56 Å². The van der Waals surface area contributed by atoms with E-state index < -0.39 is 70.7 Å². The van der Waals surface area contributed by atoms with E-state index in [1.54, 1.807) is 13.8 Å². The number of likely N-dealkylation sites (tertiary alicyclic amines) is 1. The molecule has 5 rings (SSSR count). The van der Waals surface area contributed by atoms with Gasteiger partial charge in [0, 0.05) is 42.0 Å². The van der Waals surface area contributed by atoms with E-state index in [-0.39, 0.29) is 57.6 Å². The predicted octanol–water partition coefficient (Wildman–Crippen LogP) is 7.50. The summed E-state index contributed by atoms with van der Waals surface area (Å²) < 4.78 is 90.0. The van der Waals surface area contributed by atoms with Crippen molar-refractivity contribution < 1.29 is 41.0 Å². The van der Waals surface area contributed by atoms with Gasteiger partial charge in [0.15, 0.2) is 0 Å². The molecule has 1 amide bonds. The monoisotopic (exact) mass is 729 g/mol. The van der Waals surface area contributed by atoms with Gasteiger partial charge in [-0.1, -0.05) is 19.8 Å². The third kappa shape index (κ3) is 8.22. The molecule has 2 N–H and O–H groups in total. The summed E-state index contributed by atoms with van der Waals surface area (Å²) in [5.74, 6) is -3.80. The second-order valence-corrected chi connectivity index (χ2v) is 14.6. The predicted molar refractivity (Wildman–Crippen MR) is 183 cm³/mol. The largest absolute Gasteiger partial charge is 0.481 e. The molecule has 1 aliphatic carbocycles. The zero-order valence-electron chi connectivity index (χ0n) is 29.4. The number of aliphatic carboxylic acids is 1. The van der Waals surface area contributed by atoms with Gasteiger partial charge in [0.05, 0.1) is 18.0 Å². The smallest absolute Gasteiger partial charge is 0.416 e. The molecule has 2 aliphatic rings. The molecule has 2 heterocycles. The second-order valence-electron chi connectivity index (χ2n) is 14.6. The highest BCUT2D eigenvalue weighted by molar-refractivity contribution is 5.83. The molecule has 0 bridgehead atoms. The van der Waals surface area contributed by atoms with Gasteiger partial charge >= 0.3 is 12.1 Å². The van der Waals surface area contributed by atoms with Crippen LogP contribution in [0.5, 0.6) is 0 Å². The molecule has 2 fully saturated rings. The van der Waals surface area contributed by atoms with Crippen LogP contribution in [0, 0.1) is 55.0 Å². The third-order valence-electron chi connectivity index (χ3n) is 10.2. The molecule has 1 saturated carbocycles. The van der Waals surface area contributed by atoms with Gasteiger partial charge in [-0.2, -0.15) is 13.2 Å². The molecule has 3 aromatic rings. The zero-order valence-corrected chi connectivity index (χ0v) is 29.4. The van der Waals surface area contributed by atoms with E-state index in [0.29, 0.717) is 12.6 Å². The van der Waals surface area contributed by atoms with Crippen molar-refractivity contribution in [2.45, 2.75) is 84.5 Å². The molecule has 2 aromatic carbocycles. The van der Waals surface area contributed by atoms with Crippen LogP contribution in [0.25, 0.3) is 11.1 Å². The summed E-state index contributed by atoms with van der Waals surface area (Å²) in [6.07, 6.45) is 3.80. The Morgan fingerprint density at radius 1 is 1.04 bits per heavy atom. The lowest BCUT2D eigenvalue weighted by Crippen LogP contribution is -2.41. The first-order chi connectivity index (χ1) is 24.3. The van der Waals surface area contributed by atoms with Gasteiger partial charge in [-0.15, -0.1) is 6.42 Å². The first kappa shape index (κ1) is 38.7. The topological polar surface area (TPSA) is 91.6 Å². The highest BCUT2D eigenvalue weighted by Gasteiger charge is 2.47. The maximum absolute atomic E-state index is 16.6. The number of aromatic nitrogens is 1. The Balaban J connectivity index is 1.56. The molecule has 0 radical (unpaired) electrons. The minimum atomic E-state index is -4.85. The number of nitrogens with one attached hydrogen (secondary N) is 1. The maximum Gasteiger partial charge on any atom is 0.416 e. The Labute approximate surface area is 298 Å². The first-order valence-corrected chi connectivity index (χ1v) is 17.2. The van der Waals surface area contributed by atoms with Gasteiger partial charge in [0.1, 0.15) is 23.5 Å². The summed E-state index contributed by atoms with van der Waals surface area (Å²) in [4.78, 5) is 41.5. The van der Waals surface area contributed by atoms with Crippen LogP contribution in [-0.2, 0) is 22.2 Å². The Morgan fingerprint density at radius 3 is 2.23 bits per heavy atom. The van der Waals surface area contributed by atoms with Crippen molar-refractivity contribution in [3.05, 3.63) is 91.6 Å². The molecule has 1 spiro atoms. The quantitative estimate of drug-likeness (QED) is 0.149. The molecule has 13 heteroatoms. The molecule has 278 valence electrons. The zero-order chi connectivity index (χ0) is 38.3. The average molecular weight is 730 g/mol. The number of alkyl halides is 3.